The Morgan fingerprint density at radius 3 is 0.929 bits per heavy atom. The van der Waals surface area contributed by atoms with Gasteiger partial charge in [0, 0.05) is 0 Å². The van der Waals surface area contributed by atoms with E-state index in [0.29, 0.717) is 0 Å². The Morgan fingerprint density at radius 2 is 0.929 bits per heavy atom. The lowest BCUT2D eigenvalue weighted by Crippen LogP contribution is -2.23. The Kier molecular flexibility index (Phi) is 12.0. The van der Waals surface area contributed by atoms with Crippen molar-refractivity contribution in [3.8, 4) is 0 Å². The van der Waals surface area contributed by atoms with E-state index in [4.69, 9.17) is 30.6 Å². The monoisotopic (exact) mass is 248 g/mol. The molecule has 6 N–H and O–H groups in total. The molecule has 0 saturated carbocycles. The molecule has 88 valence electrons. The number of hydrogen-bond donors (Lipinski definition) is 8. The van der Waals surface area contributed by atoms with E-state index < -0.39 is 36.3 Å². The Labute approximate surface area is 92.6 Å². The molecule has 4 unspecified atom stereocenters. The minimum absolute atomic E-state index is 0.454. The van der Waals surface area contributed by atoms with Gasteiger partial charge in [-0.25, -0.2) is 0 Å². The van der Waals surface area contributed by atoms with E-state index in [-0.39, 0.29) is 0 Å². The second-order valence-electron chi connectivity index (χ2n) is 2.33. The third kappa shape index (κ3) is 10.5. The third-order valence-corrected chi connectivity index (χ3v) is 1.75. The van der Waals surface area contributed by atoms with Crippen molar-refractivity contribution in [2.45, 2.75) is 23.1 Å². The molecule has 0 aliphatic heterocycles. The molecule has 0 bridgehead atoms. The van der Waals surface area contributed by atoms with Gasteiger partial charge in [0.15, 0.2) is 0 Å². The lowest BCUT2D eigenvalue weighted by molar-refractivity contribution is 0.0294. The summed E-state index contributed by atoms with van der Waals surface area (Å²) in [7, 11) is 0. The Bertz CT molecular complexity index is 109. The fourth-order valence-electron chi connectivity index (χ4n) is 0.189. The highest BCUT2D eigenvalue weighted by Gasteiger charge is 2.08. The van der Waals surface area contributed by atoms with Crippen LogP contribution in [0, 0.1) is 0 Å². The molecule has 0 aromatic carbocycles. The fourth-order valence-corrected chi connectivity index (χ4v) is 0.377. The largest absolute Gasteiger partial charge is 0.394 e. The molecule has 0 aromatic rings. The number of rotatable bonds is 4. The van der Waals surface area contributed by atoms with Crippen LogP contribution in [0.2, 0.25) is 0 Å². The van der Waals surface area contributed by atoms with Crippen molar-refractivity contribution in [1.29, 1.82) is 0 Å². The molecule has 0 rings (SSSR count). The van der Waals surface area contributed by atoms with Crippen molar-refractivity contribution < 1.29 is 30.6 Å². The van der Waals surface area contributed by atoms with Gasteiger partial charge in [-0.05, 0) is 0 Å². The molecular formula is C6H16O6S2. The summed E-state index contributed by atoms with van der Waals surface area (Å²) in [5.74, 6) is 0. The topological polar surface area (TPSA) is 121 Å². The number of thiol groups is 2. The molecule has 0 aliphatic rings. The highest BCUT2D eigenvalue weighted by molar-refractivity contribution is 7.80. The highest BCUT2D eigenvalue weighted by atomic mass is 32.1. The van der Waals surface area contributed by atoms with Gasteiger partial charge in [0.25, 0.3) is 0 Å². The zero-order chi connectivity index (χ0) is 11.7. The second-order valence-corrected chi connectivity index (χ2v) is 3.39. The van der Waals surface area contributed by atoms with Crippen LogP contribution in [0.25, 0.3) is 0 Å². The van der Waals surface area contributed by atoms with E-state index >= 15 is 0 Å². The van der Waals surface area contributed by atoms with Gasteiger partial charge in [-0.2, -0.15) is 0 Å². The van der Waals surface area contributed by atoms with Gasteiger partial charge >= 0.3 is 0 Å². The number of aliphatic hydroxyl groups is 6. The summed E-state index contributed by atoms with van der Waals surface area (Å²) in [6.07, 6.45) is -2.24. The van der Waals surface area contributed by atoms with Gasteiger partial charge in [-0.15, -0.1) is 25.3 Å². The maximum absolute atomic E-state index is 8.36. The molecule has 0 aliphatic carbocycles. The minimum atomic E-state index is -1.13. The van der Waals surface area contributed by atoms with Crippen LogP contribution in [-0.2, 0) is 0 Å². The van der Waals surface area contributed by atoms with Crippen molar-refractivity contribution in [2.75, 3.05) is 13.2 Å². The van der Waals surface area contributed by atoms with Crippen molar-refractivity contribution in [3.63, 3.8) is 0 Å². The molecule has 0 radical (unpaired) electrons. The maximum Gasteiger partial charge on any atom is 0.125 e. The van der Waals surface area contributed by atoms with E-state index in [9.17, 15) is 0 Å². The lowest BCUT2D eigenvalue weighted by Gasteiger charge is -2.06. The van der Waals surface area contributed by atoms with Crippen LogP contribution < -0.4 is 0 Å². The van der Waals surface area contributed by atoms with Crippen molar-refractivity contribution in [2.24, 2.45) is 0 Å². The van der Waals surface area contributed by atoms with Crippen LogP contribution in [0.4, 0.5) is 0 Å². The number of hydrogen-bond acceptors (Lipinski definition) is 8. The molecule has 4 atom stereocenters. The highest BCUT2D eigenvalue weighted by Crippen LogP contribution is 1.94. The molecule has 14 heavy (non-hydrogen) atoms. The van der Waals surface area contributed by atoms with Gasteiger partial charge < -0.3 is 30.6 Å². The zero-order valence-corrected chi connectivity index (χ0v) is 9.09. The van der Waals surface area contributed by atoms with Gasteiger partial charge in [0.2, 0.25) is 0 Å². The molecule has 0 saturated heterocycles. The summed E-state index contributed by atoms with van der Waals surface area (Å²) in [5.41, 5.74) is -2.27. The summed E-state index contributed by atoms with van der Waals surface area (Å²) in [6.45, 7) is -0.907. The fraction of sp³-hybridized carbons (Fsp3) is 1.00. The normalized spacial score (nSPS) is 18.9. The molecule has 0 aromatic heterocycles. The predicted octanol–water partition coefficient (Wildman–Crippen LogP) is -2.82. The van der Waals surface area contributed by atoms with Gasteiger partial charge in [-0.1, -0.05) is 0 Å². The molecule has 6 nitrogen and oxygen atoms in total. The molecular weight excluding hydrogens is 232 g/mol. The predicted molar refractivity (Wildman–Crippen MR) is 56.2 cm³/mol. The van der Waals surface area contributed by atoms with Crippen molar-refractivity contribution in [3.05, 3.63) is 0 Å². The molecule has 0 fully saturated rings. The zero-order valence-electron chi connectivity index (χ0n) is 7.30. The van der Waals surface area contributed by atoms with E-state index in [1.54, 1.807) is 0 Å². The lowest BCUT2D eigenvalue weighted by atomic mass is 10.4. The van der Waals surface area contributed by atoms with Crippen LogP contribution >= 0.6 is 25.3 Å². The summed E-state index contributed by atoms with van der Waals surface area (Å²) < 4.78 is 0. The minimum Gasteiger partial charge on any atom is -0.394 e. The standard InChI is InChI=1S/2C3H8O3S/c2*4-1-2(5)3(6)7/h2*2-7H,1H2. The maximum atomic E-state index is 8.36. The Morgan fingerprint density at radius 1 is 0.714 bits per heavy atom. The second kappa shape index (κ2) is 9.99. The van der Waals surface area contributed by atoms with E-state index in [2.05, 4.69) is 25.3 Å². The molecule has 0 heterocycles. The summed E-state index contributed by atoms with van der Waals surface area (Å²) in [4.78, 5) is 0. The average Bonchev–Trinajstić information content (AvgIpc) is 2.15. The first-order valence-corrected chi connectivity index (χ1v) is 4.70. The SMILES string of the molecule is OCC(O)C(O)S.OCC(O)C(O)S. The van der Waals surface area contributed by atoms with E-state index in [1.165, 1.54) is 0 Å². The van der Waals surface area contributed by atoms with Gasteiger partial charge in [-0.3, -0.25) is 0 Å². The summed E-state index contributed by atoms with van der Waals surface area (Å²) in [6, 6.07) is 0. The first kappa shape index (κ1) is 16.9. The third-order valence-electron chi connectivity index (χ3n) is 1.06. The molecule has 8 heteroatoms. The Hall–Kier alpha value is 0.460. The average molecular weight is 248 g/mol. The van der Waals surface area contributed by atoms with Crippen LogP contribution in [0.1, 0.15) is 0 Å². The first-order valence-electron chi connectivity index (χ1n) is 3.66. The van der Waals surface area contributed by atoms with E-state index in [1.807, 2.05) is 0 Å². The molecule has 0 amide bonds. The van der Waals surface area contributed by atoms with Crippen LogP contribution in [0.3, 0.4) is 0 Å². The summed E-state index contributed by atoms with van der Waals surface area (Å²) >= 11 is 6.84. The van der Waals surface area contributed by atoms with Crippen molar-refractivity contribution >= 4 is 25.3 Å². The quantitative estimate of drug-likeness (QED) is 0.201. The van der Waals surface area contributed by atoms with Crippen LogP contribution in [0.15, 0.2) is 0 Å². The first-order chi connectivity index (χ1) is 6.36. The summed E-state index contributed by atoms with van der Waals surface area (Å²) in [5, 5.41) is 49.4. The van der Waals surface area contributed by atoms with Crippen molar-refractivity contribution in [1.82, 2.24) is 0 Å². The molecule has 0 spiro atoms. The number of aliphatic hydroxyl groups excluding tert-OH is 6. The smallest absolute Gasteiger partial charge is 0.125 e. The Balaban J connectivity index is 0. The van der Waals surface area contributed by atoms with Crippen LogP contribution in [-0.4, -0.2) is 66.9 Å². The van der Waals surface area contributed by atoms with Gasteiger partial charge in [0.1, 0.15) is 23.1 Å². The van der Waals surface area contributed by atoms with Crippen LogP contribution in [0.5, 0.6) is 0 Å². The van der Waals surface area contributed by atoms with Gasteiger partial charge in [0.05, 0.1) is 13.2 Å². The van der Waals surface area contributed by atoms with E-state index in [0.717, 1.165) is 0 Å².